The molecule has 2 heterocycles. The summed E-state index contributed by atoms with van der Waals surface area (Å²) in [5.74, 6) is -1.17. The van der Waals surface area contributed by atoms with Crippen LogP contribution in [0.3, 0.4) is 0 Å². The second-order valence-electron chi connectivity index (χ2n) is 4.04. The molecule has 0 aliphatic rings. The summed E-state index contributed by atoms with van der Waals surface area (Å²) >= 11 is 1.52. The number of nitro groups is 1. The third-order valence-corrected chi connectivity index (χ3v) is 3.47. The van der Waals surface area contributed by atoms with Gasteiger partial charge in [-0.1, -0.05) is 6.07 Å². The molecular weight excluding hydrogens is 282 g/mol. The van der Waals surface area contributed by atoms with Gasteiger partial charge in [-0.15, -0.1) is 11.3 Å². The van der Waals surface area contributed by atoms with E-state index in [2.05, 4.69) is 4.98 Å². The van der Waals surface area contributed by atoms with Crippen molar-refractivity contribution >= 4 is 28.8 Å². The summed E-state index contributed by atoms with van der Waals surface area (Å²) in [6.07, 6.45) is 0. The van der Waals surface area contributed by atoms with Gasteiger partial charge in [0.2, 0.25) is 5.82 Å². The molecule has 0 fully saturated rings. The van der Waals surface area contributed by atoms with Crippen LogP contribution in [0, 0.1) is 10.1 Å². The van der Waals surface area contributed by atoms with Crippen molar-refractivity contribution in [1.82, 2.24) is 4.98 Å². The molecule has 0 aliphatic carbocycles. The molecule has 0 radical (unpaired) electrons. The molecule has 0 saturated heterocycles. The van der Waals surface area contributed by atoms with Crippen LogP contribution in [0.25, 0.3) is 0 Å². The maximum Gasteiger partial charge on any atom is 0.354 e. The average molecular weight is 293 g/mol. The van der Waals surface area contributed by atoms with Gasteiger partial charge in [-0.05, 0) is 17.5 Å². The Morgan fingerprint density at radius 1 is 1.50 bits per heavy atom. The maximum atomic E-state index is 11.0. The summed E-state index contributed by atoms with van der Waals surface area (Å²) < 4.78 is 0. The number of carboxylic acids is 1. The molecule has 2 aromatic heterocycles. The SMILES string of the molecule is CN(Cc1cccs1)c1nc(C(=O)O)ccc1[N+](=O)[O-]. The number of hydrogen-bond acceptors (Lipinski definition) is 6. The van der Waals surface area contributed by atoms with Crippen LogP contribution >= 0.6 is 11.3 Å². The van der Waals surface area contributed by atoms with E-state index >= 15 is 0 Å². The first-order valence-electron chi connectivity index (χ1n) is 5.61. The predicted molar refractivity (Wildman–Crippen MR) is 74.3 cm³/mol. The minimum Gasteiger partial charge on any atom is -0.477 e. The summed E-state index contributed by atoms with van der Waals surface area (Å²) in [6, 6.07) is 6.07. The first kappa shape index (κ1) is 13.9. The number of nitrogens with zero attached hydrogens (tertiary/aromatic N) is 3. The second kappa shape index (κ2) is 5.66. The number of rotatable bonds is 5. The maximum absolute atomic E-state index is 11.0. The van der Waals surface area contributed by atoms with Crippen molar-refractivity contribution in [1.29, 1.82) is 0 Å². The molecular formula is C12H11N3O4S. The Kier molecular flexibility index (Phi) is 3.94. The summed E-state index contributed by atoms with van der Waals surface area (Å²) in [4.78, 5) is 27.8. The van der Waals surface area contributed by atoms with Crippen molar-refractivity contribution in [2.45, 2.75) is 6.54 Å². The molecule has 0 aromatic carbocycles. The van der Waals surface area contributed by atoms with Gasteiger partial charge in [-0.25, -0.2) is 9.78 Å². The van der Waals surface area contributed by atoms with Crippen molar-refractivity contribution in [3.63, 3.8) is 0 Å². The van der Waals surface area contributed by atoms with Crippen LogP contribution in [-0.4, -0.2) is 28.0 Å². The van der Waals surface area contributed by atoms with E-state index in [1.54, 1.807) is 11.9 Å². The molecule has 0 amide bonds. The van der Waals surface area contributed by atoms with E-state index in [1.807, 2.05) is 17.5 Å². The highest BCUT2D eigenvalue weighted by Crippen LogP contribution is 2.27. The number of thiophene rings is 1. The number of aromatic carboxylic acids is 1. The first-order valence-corrected chi connectivity index (χ1v) is 6.49. The van der Waals surface area contributed by atoms with E-state index < -0.39 is 10.9 Å². The lowest BCUT2D eigenvalue weighted by Gasteiger charge is -2.17. The van der Waals surface area contributed by atoms with Crippen molar-refractivity contribution < 1.29 is 14.8 Å². The lowest BCUT2D eigenvalue weighted by Crippen LogP contribution is -2.19. The van der Waals surface area contributed by atoms with Gasteiger partial charge in [0, 0.05) is 18.0 Å². The van der Waals surface area contributed by atoms with E-state index in [-0.39, 0.29) is 17.2 Å². The molecule has 2 rings (SSSR count). The summed E-state index contributed by atoms with van der Waals surface area (Å²) in [6.45, 7) is 0.425. The number of carboxylic acid groups (broad SMARTS) is 1. The van der Waals surface area contributed by atoms with Crippen molar-refractivity contribution in [3.8, 4) is 0 Å². The van der Waals surface area contributed by atoms with E-state index in [9.17, 15) is 14.9 Å². The largest absolute Gasteiger partial charge is 0.477 e. The third kappa shape index (κ3) is 2.91. The summed E-state index contributed by atoms with van der Waals surface area (Å²) in [7, 11) is 1.64. The average Bonchev–Trinajstić information content (AvgIpc) is 2.90. The Morgan fingerprint density at radius 3 is 2.80 bits per heavy atom. The number of anilines is 1. The Labute approximate surface area is 118 Å². The van der Waals surface area contributed by atoms with Crippen molar-refractivity contribution in [3.05, 3.63) is 50.3 Å². The minimum atomic E-state index is -1.22. The molecule has 0 saturated carbocycles. The highest BCUT2D eigenvalue weighted by atomic mass is 32.1. The smallest absolute Gasteiger partial charge is 0.354 e. The van der Waals surface area contributed by atoms with Gasteiger partial charge in [0.15, 0.2) is 5.69 Å². The molecule has 0 aliphatic heterocycles. The van der Waals surface area contributed by atoms with Gasteiger partial charge in [0.1, 0.15) is 0 Å². The van der Waals surface area contributed by atoms with E-state index in [1.165, 1.54) is 11.3 Å². The fourth-order valence-corrected chi connectivity index (χ4v) is 2.45. The van der Waals surface area contributed by atoms with Crippen molar-refractivity contribution in [2.24, 2.45) is 0 Å². The Hall–Kier alpha value is -2.48. The van der Waals surface area contributed by atoms with Gasteiger partial charge in [-0.2, -0.15) is 0 Å². The van der Waals surface area contributed by atoms with Crippen LogP contribution in [-0.2, 0) is 6.54 Å². The van der Waals surface area contributed by atoms with Crippen LogP contribution in [0.4, 0.5) is 11.5 Å². The normalized spacial score (nSPS) is 10.2. The lowest BCUT2D eigenvalue weighted by atomic mass is 10.3. The van der Waals surface area contributed by atoms with E-state index in [0.717, 1.165) is 17.0 Å². The fourth-order valence-electron chi connectivity index (χ4n) is 1.69. The standard InChI is InChI=1S/C12H11N3O4S/c1-14(7-8-3-2-6-20-8)11-10(15(18)19)5-4-9(13-11)12(16)17/h2-6H,7H2,1H3,(H,16,17). The molecule has 20 heavy (non-hydrogen) atoms. The molecule has 104 valence electrons. The second-order valence-corrected chi connectivity index (χ2v) is 5.07. The highest BCUT2D eigenvalue weighted by Gasteiger charge is 2.21. The van der Waals surface area contributed by atoms with Gasteiger partial charge < -0.3 is 10.0 Å². The Morgan fingerprint density at radius 2 is 2.25 bits per heavy atom. The summed E-state index contributed by atoms with van der Waals surface area (Å²) in [5.41, 5.74) is -0.433. The molecule has 0 bridgehead atoms. The van der Waals surface area contributed by atoms with Gasteiger partial charge in [0.05, 0.1) is 11.5 Å². The first-order chi connectivity index (χ1) is 9.49. The quantitative estimate of drug-likeness (QED) is 0.671. The van der Waals surface area contributed by atoms with Crippen LogP contribution in [0.1, 0.15) is 15.4 Å². The zero-order valence-corrected chi connectivity index (χ0v) is 11.3. The van der Waals surface area contributed by atoms with Gasteiger partial charge in [0.25, 0.3) is 0 Å². The summed E-state index contributed by atoms with van der Waals surface area (Å²) in [5, 5.41) is 21.8. The lowest BCUT2D eigenvalue weighted by molar-refractivity contribution is -0.384. The molecule has 0 unspecified atom stereocenters. The number of carbonyl (C=O) groups is 1. The zero-order chi connectivity index (χ0) is 14.7. The molecule has 8 heteroatoms. The monoisotopic (exact) mass is 293 g/mol. The fraction of sp³-hybridized carbons (Fsp3) is 0.167. The van der Waals surface area contributed by atoms with Crippen LogP contribution < -0.4 is 4.90 Å². The molecule has 0 atom stereocenters. The van der Waals surface area contributed by atoms with Gasteiger partial charge in [-0.3, -0.25) is 10.1 Å². The number of pyridine rings is 1. The molecule has 7 nitrogen and oxygen atoms in total. The number of hydrogen-bond donors (Lipinski definition) is 1. The molecule has 1 N–H and O–H groups in total. The Bertz CT molecular complexity index is 642. The van der Waals surface area contributed by atoms with Crippen LogP contribution in [0.15, 0.2) is 29.6 Å². The molecule has 0 spiro atoms. The topological polar surface area (TPSA) is 96.6 Å². The Balaban J connectivity index is 2.38. The van der Waals surface area contributed by atoms with Crippen molar-refractivity contribution in [2.75, 3.05) is 11.9 Å². The zero-order valence-electron chi connectivity index (χ0n) is 10.5. The van der Waals surface area contributed by atoms with E-state index in [0.29, 0.717) is 6.54 Å². The minimum absolute atomic E-state index is 0.0447. The predicted octanol–water partition coefficient (Wildman–Crippen LogP) is 2.39. The highest BCUT2D eigenvalue weighted by molar-refractivity contribution is 7.09. The van der Waals surface area contributed by atoms with E-state index in [4.69, 9.17) is 5.11 Å². The van der Waals surface area contributed by atoms with Crippen LogP contribution in [0.5, 0.6) is 0 Å². The van der Waals surface area contributed by atoms with Crippen LogP contribution in [0.2, 0.25) is 0 Å². The molecule has 2 aromatic rings. The number of aromatic nitrogens is 1. The van der Waals surface area contributed by atoms with Gasteiger partial charge >= 0.3 is 11.7 Å². The third-order valence-electron chi connectivity index (χ3n) is 2.61.